The van der Waals surface area contributed by atoms with Crippen molar-refractivity contribution in [2.75, 3.05) is 43.4 Å². The van der Waals surface area contributed by atoms with Crippen LogP contribution in [-0.2, 0) is 6.54 Å². The predicted molar refractivity (Wildman–Crippen MR) is 144 cm³/mol. The van der Waals surface area contributed by atoms with Crippen molar-refractivity contribution in [3.05, 3.63) is 89.5 Å². The van der Waals surface area contributed by atoms with Crippen LogP contribution in [0.1, 0.15) is 21.5 Å². The van der Waals surface area contributed by atoms with E-state index in [1.165, 1.54) is 0 Å². The van der Waals surface area contributed by atoms with Crippen molar-refractivity contribution in [1.82, 2.24) is 9.88 Å². The average Bonchev–Trinajstić information content (AvgIpc) is 2.92. The Bertz CT molecular complexity index is 1450. The quantitative estimate of drug-likeness (QED) is 0.432. The van der Waals surface area contributed by atoms with Crippen molar-refractivity contribution >= 4 is 28.2 Å². The van der Waals surface area contributed by atoms with Crippen LogP contribution in [0.25, 0.3) is 22.2 Å². The Morgan fingerprint density at radius 2 is 1.75 bits per heavy atom. The molecule has 5 rings (SSSR count). The number of nitrogens with two attached hydrogens (primary N) is 1. The van der Waals surface area contributed by atoms with Gasteiger partial charge in [0.1, 0.15) is 11.6 Å². The molecule has 1 fully saturated rings. The van der Waals surface area contributed by atoms with Crippen LogP contribution in [0, 0.1) is 11.3 Å². The smallest absolute Gasteiger partial charge is 0.249 e. The van der Waals surface area contributed by atoms with Crippen molar-refractivity contribution < 1.29 is 4.79 Å². The summed E-state index contributed by atoms with van der Waals surface area (Å²) in [6.07, 6.45) is 0. The highest BCUT2D eigenvalue weighted by Gasteiger charge is 2.22. The second-order valence-corrected chi connectivity index (χ2v) is 9.06. The fraction of sp³-hybridized carbons (Fsp3) is 0.207. The molecule has 1 aliphatic rings. The standard InChI is InChI=1S/C29H28N6O/c1-34-13-15-35(16-14-34)21-11-12-26-24(17-21)27(32-19-20-7-3-2-4-8-20)25(18-30)28(33-26)22-9-5-6-10-23(22)29(31)36/h2-12,17H,13-16,19H2,1H3,(H2,31,36)(H,32,33). The minimum Gasteiger partial charge on any atom is -0.379 e. The maximum absolute atomic E-state index is 12.2. The number of nitrogens with zero attached hydrogens (tertiary/aromatic N) is 4. The lowest BCUT2D eigenvalue weighted by Crippen LogP contribution is -2.44. The summed E-state index contributed by atoms with van der Waals surface area (Å²) in [5, 5.41) is 14.7. The molecule has 1 amide bonds. The highest BCUT2D eigenvalue weighted by atomic mass is 16.1. The summed E-state index contributed by atoms with van der Waals surface area (Å²) in [5.41, 5.74) is 11.0. The third kappa shape index (κ3) is 4.59. The molecule has 0 radical (unpaired) electrons. The molecule has 0 bridgehead atoms. The molecule has 7 nitrogen and oxygen atoms in total. The molecule has 0 saturated carbocycles. The summed E-state index contributed by atoms with van der Waals surface area (Å²) in [5.74, 6) is -0.555. The minimum absolute atomic E-state index is 0.337. The predicted octanol–water partition coefficient (Wildman–Crippen LogP) is 4.24. The van der Waals surface area contributed by atoms with Crippen LogP contribution in [0.3, 0.4) is 0 Å². The molecule has 1 aromatic heterocycles. The lowest BCUT2D eigenvalue weighted by atomic mass is 9.97. The van der Waals surface area contributed by atoms with E-state index in [0.717, 1.165) is 48.3 Å². The van der Waals surface area contributed by atoms with Gasteiger partial charge in [0.05, 0.1) is 16.9 Å². The van der Waals surface area contributed by atoms with Gasteiger partial charge in [-0.15, -0.1) is 0 Å². The van der Waals surface area contributed by atoms with E-state index in [-0.39, 0.29) is 0 Å². The molecular weight excluding hydrogens is 448 g/mol. The maximum Gasteiger partial charge on any atom is 0.249 e. The number of nitriles is 1. The van der Waals surface area contributed by atoms with Gasteiger partial charge in [0.2, 0.25) is 5.91 Å². The number of nitrogens with one attached hydrogen (secondary N) is 1. The monoisotopic (exact) mass is 476 g/mol. The number of carbonyl (C=O) groups is 1. The Kier molecular flexibility index (Phi) is 6.52. The first-order valence-electron chi connectivity index (χ1n) is 12.0. The number of likely N-dealkylation sites (N-methyl/N-ethyl adjacent to an activating group) is 1. The molecule has 4 aromatic rings. The van der Waals surface area contributed by atoms with Crippen molar-refractivity contribution in [1.29, 1.82) is 5.26 Å². The molecule has 2 heterocycles. The fourth-order valence-corrected chi connectivity index (χ4v) is 4.69. The average molecular weight is 477 g/mol. The molecule has 7 heteroatoms. The normalized spacial score (nSPS) is 13.9. The van der Waals surface area contributed by atoms with E-state index in [4.69, 9.17) is 10.7 Å². The molecule has 0 atom stereocenters. The summed E-state index contributed by atoms with van der Waals surface area (Å²) in [7, 11) is 2.14. The zero-order valence-electron chi connectivity index (χ0n) is 20.2. The number of amides is 1. The van der Waals surface area contributed by atoms with E-state index in [0.29, 0.717) is 34.6 Å². The number of hydrogen-bond donors (Lipinski definition) is 2. The van der Waals surface area contributed by atoms with Crippen LogP contribution in [0.4, 0.5) is 11.4 Å². The lowest BCUT2D eigenvalue weighted by Gasteiger charge is -2.34. The van der Waals surface area contributed by atoms with Gasteiger partial charge >= 0.3 is 0 Å². The van der Waals surface area contributed by atoms with Crippen molar-refractivity contribution in [2.24, 2.45) is 5.73 Å². The van der Waals surface area contributed by atoms with Crippen LogP contribution in [0.15, 0.2) is 72.8 Å². The van der Waals surface area contributed by atoms with Crippen LogP contribution in [0.5, 0.6) is 0 Å². The number of piperazine rings is 1. The number of aromatic nitrogens is 1. The maximum atomic E-state index is 12.2. The molecule has 3 aromatic carbocycles. The summed E-state index contributed by atoms with van der Waals surface area (Å²) in [6.45, 7) is 4.43. The number of benzene rings is 3. The Hall–Kier alpha value is -4.41. The van der Waals surface area contributed by atoms with Gasteiger partial charge in [0.15, 0.2) is 0 Å². The molecule has 36 heavy (non-hydrogen) atoms. The highest BCUT2D eigenvalue weighted by molar-refractivity contribution is 6.04. The summed E-state index contributed by atoms with van der Waals surface area (Å²) in [6, 6.07) is 25.6. The van der Waals surface area contributed by atoms with Crippen molar-refractivity contribution in [3.8, 4) is 17.3 Å². The van der Waals surface area contributed by atoms with Crippen LogP contribution < -0.4 is 16.0 Å². The van der Waals surface area contributed by atoms with E-state index in [2.05, 4.69) is 40.4 Å². The first-order chi connectivity index (χ1) is 17.5. The van der Waals surface area contributed by atoms with Gasteiger partial charge in [0.25, 0.3) is 0 Å². The third-order valence-electron chi connectivity index (χ3n) is 6.71. The number of hydrogen-bond acceptors (Lipinski definition) is 6. The summed E-state index contributed by atoms with van der Waals surface area (Å²) in [4.78, 5) is 21.7. The van der Waals surface area contributed by atoms with Gasteiger partial charge in [-0.25, -0.2) is 4.98 Å². The van der Waals surface area contributed by atoms with Gasteiger partial charge in [0, 0.05) is 54.9 Å². The van der Waals surface area contributed by atoms with Gasteiger partial charge in [-0.05, 0) is 36.9 Å². The van der Waals surface area contributed by atoms with Crippen LogP contribution in [0.2, 0.25) is 0 Å². The second kappa shape index (κ2) is 10.1. The van der Waals surface area contributed by atoms with Gasteiger partial charge in [-0.1, -0.05) is 48.5 Å². The Morgan fingerprint density at radius 3 is 2.47 bits per heavy atom. The molecule has 0 spiro atoms. The lowest BCUT2D eigenvalue weighted by molar-refractivity contribution is 0.100. The number of carbonyl (C=O) groups excluding carboxylic acids is 1. The van der Waals surface area contributed by atoms with E-state index < -0.39 is 5.91 Å². The minimum atomic E-state index is -0.555. The Balaban J connectivity index is 1.68. The van der Waals surface area contributed by atoms with Crippen LogP contribution in [-0.4, -0.2) is 49.0 Å². The highest BCUT2D eigenvalue weighted by Crippen LogP contribution is 2.37. The SMILES string of the molecule is CN1CCN(c2ccc3nc(-c4ccccc4C(N)=O)c(C#N)c(NCc4ccccc4)c3c2)CC1. The molecular formula is C29H28N6O. The van der Waals surface area contributed by atoms with Gasteiger partial charge < -0.3 is 20.9 Å². The van der Waals surface area contributed by atoms with Crippen LogP contribution >= 0.6 is 0 Å². The Labute approximate surface area is 210 Å². The van der Waals surface area contributed by atoms with E-state index >= 15 is 0 Å². The van der Waals surface area contributed by atoms with Crippen molar-refractivity contribution in [3.63, 3.8) is 0 Å². The molecule has 1 aliphatic heterocycles. The molecule has 0 unspecified atom stereocenters. The third-order valence-corrected chi connectivity index (χ3v) is 6.71. The molecule has 0 aliphatic carbocycles. The summed E-state index contributed by atoms with van der Waals surface area (Å²) >= 11 is 0. The number of rotatable bonds is 6. The van der Waals surface area contributed by atoms with Gasteiger partial charge in [-0.3, -0.25) is 4.79 Å². The molecule has 180 valence electrons. The number of anilines is 2. The number of pyridine rings is 1. The largest absolute Gasteiger partial charge is 0.379 e. The van der Waals surface area contributed by atoms with Gasteiger partial charge in [-0.2, -0.15) is 5.26 Å². The van der Waals surface area contributed by atoms with E-state index in [1.54, 1.807) is 18.2 Å². The number of fused-ring (bicyclic) bond motifs is 1. The first-order valence-corrected chi connectivity index (χ1v) is 12.0. The zero-order valence-corrected chi connectivity index (χ0v) is 20.2. The zero-order chi connectivity index (χ0) is 25.1. The molecule has 1 saturated heterocycles. The van der Waals surface area contributed by atoms with Crippen molar-refractivity contribution in [2.45, 2.75) is 6.54 Å². The Morgan fingerprint density at radius 1 is 1.03 bits per heavy atom. The fourth-order valence-electron chi connectivity index (χ4n) is 4.69. The first kappa shape index (κ1) is 23.3. The second-order valence-electron chi connectivity index (χ2n) is 9.06. The van der Waals surface area contributed by atoms with E-state index in [9.17, 15) is 10.1 Å². The molecule has 3 N–H and O–H groups in total. The summed E-state index contributed by atoms with van der Waals surface area (Å²) < 4.78 is 0. The number of primary amides is 1. The van der Waals surface area contributed by atoms with E-state index in [1.807, 2.05) is 42.5 Å². The topological polar surface area (TPSA) is 98.3 Å².